The van der Waals surface area contributed by atoms with Gasteiger partial charge in [0.05, 0.1) is 0 Å². The summed E-state index contributed by atoms with van der Waals surface area (Å²) in [5.41, 5.74) is 5.88. The zero-order valence-electron chi connectivity index (χ0n) is 13.7. The fourth-order valence-corrected chi connectivity index (χ4v) is 2.73. The number of aromatic nitrogens is 3. The minimum atomic E-state index is 0.293. The quantitative estimate of drug-likeness (QED) is 0.881. The number of nitrogens with two attached hydrogens (primary N) is 1. The summed E-state index contributed by atoms with van der Waals surface area (Å²) in [5, 5.41) is 0. The van der Waals surface area contributed by atoms with Gasteiger partial charge in [-0.25, -0.2) is 0 Å². The molecule has 2 unspecified atom stereocenters. The number of rotatable bonds is 4. The van der Waals surface area contributed by atoms with E-state index in [0.29, 0.717) is 29.9 Å². The van der Waals surface area contributed by atoms with E-state index in [4.69, 9.17) is 5.73 Å². The molecule has 1 aromatic rings. The predicted octanol–water partition coefficient (Wildman–Crippen LogP) is 0.829. The maximum absolute atomic E-state index is 5.88. The zero-order valence-corrected chi connectivity index (χ0v) is 13.7. The standard InChI is InChI=1S/C14H27N7/c1-6-20(7-2)13-16-12(15)17-14(18-13)21-8-10(3)19(5)11(4)9-21/h10-11H,6-9H2,1-5H3,(H2,15,16,17,18). The van der Waals surface area contributed by atoms with Crippen LogP contribution in [0.15, 0.2) is 0 Å². The molecule has 118 valence electrons. The Morgan fingerprint density at radius 3 is 2.19 bits per heavy atom. The van der Waals surface area contributed by atoms with Crippen LogP contribution in [0.3, 0.4) is 0 Å². The van der Waals surface area contributed by atoms with Crippen LogP contribution in [-0.2, 0) is 0 Å². The topological polar surface area (TPSA) is 74.4 Å². The monoisotopic (exact) mass is 293 g/mol. The first-order chi connectivity index (χ1) is 9.96. The Morgan fingerprint density at radius 2 is 1.67 bits per heavy atom. The number of anilines is 3. The van der Waals surface area contributed by atoms with Crippen LogP contribution < -0.4 is 15.5 Å². The molecule has 0 aromatic carbocycles. The average molecular weight is 293 g/mol. The molecule has 2 atom stereocenters. The third kappa shape index (κ3) is 3.34. The summed E-state index contributed by atoms with van der Waals surface area (Å²) in [6.45, 7) is 12.1. The molecule has 21 heavy (non-hydrogen) atoms. The van der Waals surface area contributed by atoms with Gasteiger partial charge in [0.15, 0.2) is 0 Å². The van der Waals surface area contributed by atoms with Crippen molar-refractivity contribution in [2.24, 2.45) is 0 Å². The first-order valence-corrected chi connectivity index (χ1v) is 7.69. The maximum atomic E-state index is 5.88. The molecule has 2 N–H and O–H groups in total. The third-order valence-electron chi connectivity index (χ3n) is 4.32. The van der Waals surface area contributed by atoms with E-state index in [1.807, 2.05) is 0 Å². The summed E-state index contributed by atoms with van der Waals surface area (Å²) in [7, 11) is 2.16. The summed E-state index contributed by atoms with van der Waals surface area (Å²) in [6, 6.07) is 0.923. The minimum absolute atomic E-state index is 0.293. The summed E-state index contributed by atoms with van der Waals surface area (Å²) in [6.07, 6.45) is 0. The maximum Gasteiger partial charge on any atom is 0.232 e. The molecule has 0 aliphatic carbocycles. The molecular weight excluding hydrogens is 266 g/mol. The second kappa shape index (κ2) is 6.43. The summed E-state index contributed by atoms with van der Waals surface area (Å²) < 4.78 is 0. The molecule has 0 amide bonds. The van der Waals surface area contributed by atoms with Crippen LogP contribution in [0.4, 0.5) is 17.8 Å². The molecule has 7 heteroatoms. The lowest BCUT2D eigenvalue weighted by molar-refractivity contribution is 0.169. The SMILES string of the molecule is CCN(CC)c1nc(N)nc(N2CC(C)N(C)C(C)C2)n1. The normalized spacial score (nSPS) is 23.4. The number of hydrogen-bond acceptors (Lipinski definition) is 7. The van der Waals surface area contributed by atoms with Crippen LogP contribution in [0.1, 0.15) is 27.7 Å². The van der Waals surface area contributed by atoms with E-state index >= 15 is 0 Å². The molecule has 1 aliphatic heterocycles. The molecule has 0 bridgehead atoms. The Kier molecular flexibility index (Phi) is 4.82. The van der Waals surface area contributed by atoms with Gasteiger partial charge in [0, 0.05) is 38.3 Å². The molecule has 1 aliphatic rings. The number of likely N-dealkylation sites (N-methyl/N-ethyl adjacent to an activating group) is 1. The van der Waals surface area contributed by atoms with Crippen molar-refractivity contribution in [1.29, 1.82) is 0 Å². The predicted molar refractivity (Wildman–Crippen MR) is 86.7 cm³/mol. The first-order valence-electron chi connectivity index (χ1n) is 7.69. The smallest absolute Gasteiger partial charge is 0.232 e. The lowest BCUT2D eigenvalue weighted by atomic mass is 10.1. The molecule has 7 nitrogen and oxygen atoms in total. The van der Waals surface area contributed by atoms with Crippen molar-refractivity contribution >= 4 is 17.8 Å². The molecule has 2 rings (SSSR count). The second-order valence-corrected chi connectivity index (χ2v) is 5.73. The zero-order chi connectivity index (χ0) is 15.6. The highest BCUT2D eigenvalue weighted by Gasteiger charge is 2.28. The molecule has 1 fully saturated rings. The molecule has 2 heterocycles. The molecule has 0 saturated carbocycles. The van der Waals surface area contributed by atoms with Crippen molar-refractivity contribution in [3.8, 4) is 0 Å². The van der Waals surface area contributed by atoms with E-state index in [1.165, 1.54) is 0 Å². The van der Waals surface area contributed by atoms with Gasteiger partial charge in [-0.05, 0) is 34.7 Å². The highest BCUT2D eigenvalue weighted by atomic mass is 15.4. The van der Waals surface area contributed by atoms with Gasteiger partial charge in [0.25, 0.3) is 0 Å². The van der Waals surface area contributed by atoms with Crippen LogP contribution in [0.5, 0.6) is 0 Å². The van der Waals surface area contributed by atoms with E-state index in [9.17, 15) is 0 Å². The van der Waals surface area contributed by atoms with E-state index < -0.39 is 0 Å². The van der Waals surface area contributed by atoms with Gasteiger partial charge in [-0.3, -0.25) is 4.90 Å². The Labute approximate surface area is 127 Å². The van der Waals surface area contributed by atoms with Crippen LogP contribution in [0, 0.1) is 0 Å². The van der Waals surface area contributed by atoms with E-state index in [2.05, 4.69) is 64.4 Å². The molecular formula is C14H27N7. The Morgan fingerprint density at radius 1 is 1.10 bits per heavy atom. The number of piperazine rings is 1. The number of hydrogen-bond donors (Lipinski definition) is 1. The van der Waals surface area contributed by atoms with Crippen molar-refractivity contribution in [2.45, 2.75) is 39.8 Å². The van der Waals surface area contributed by atoms with E-state index in [1.54, 1.807) is 0 Å². The molecule has 1 aromatic heterocycles. The summed E-state index contributed by atoms with van der Waals surface area (Å²) in [5.74, 6) is 1.65. The van der Waals surface area contributed by atoms with Crippen molar-refractivity contribution < 1.29 is 0 Å². The van der Waals surface area contributed by atoms with Crippen LogP contribution >= 0.6 is 0 Å². The highest BCUT2D eigenvalue weighted by Crippen LogP contribution is 2.20. The Bertz CT molecular complexity index is 462. The van der Waals surface area contributed by atoms with Gasteiger partial charge in [-0.2, -0.15) is 15.0 Å². The third-order valence-corrected chi connectivity index (χ3v) is 4.32. The number of nitrogen functional groups attached to an aromatic ring is 1. The van der Waals surface area contributed by atoms with Crippen molar-refractivity contribution in [2.75, 3.05) is 48.8 Å². The van der Waals surface area contributed by atoms with Gasteiger partial charge in [-0.15, -0.1) is 0 Å². The second-order valence-electron chi connectivity index (χ2n) is 5.73. The summed E-state index contributed by atoms with van der Waals surface area (Å²) in [4.78, 5) is 19.9. The highest BCUT2D eigenvalue weighted by molar-refractivity contribution is 5.44. The van der Waals surface area contributed by atoms with Gasteiger partial charge in [0.1, 0.15) is 0 Å². The molecule has 1 saturated heterocycles. The van der Waals surface area contributed by atoms with Crippen molar-refractivity contribution in [1.82, 2.24) is 19.9 Å². The molecule has 0 radical (unpaired) electrons. The van der Waals surface area contributed by atoms with Crippen molar-refractivity contribution in [3.05, 3.63) is 0 Å². The van der Waals surface area contributed by atoms with Gasteiger partial charge in [-0.1, -0.05) is 0 Å². The van der Waals surface area contributed by atoms with E-state index in [-0.39, 0.29) is 0 Å². The van der Waals surface area contributed by atoms with Gasteiger partial charge >= 0.3 is 0 Å². The number of nitrogens with zero attached hydrogens (tertiary/aromatic N) is 6. The van der Waals surface area contributed by atoms with Crippen LogP contribution in [-0.4, -0.2) is 65.2 Å². The lowest BCUT2D eigenvalue weighted by Gasteiger charge is -2.42. The van der Waals surface area contributed by atoms with E-state index in [0.717, 1.165) is 26.2 Å². The lowest BCUT2D eigenvalue weighted by Crippen LogP contribution is -2.55. The largest absolute Gasteiger partial charge is 0.368 e. The Hall–Kier alpha value is -1.63. The summed E-state index contributed by atoms with van der Waals surface area (Å²) >= 11 is 0. The average Bonchev–Trinajstić information content (AvgIpc) is 2.45. The van der Waals surface area contributed by atoms with Gasteiger partial charge < -0.3 is 15.5 Å². The molecule has 0 spiro atoms. The fraction of sp³-hybridized carbons (Fsp3) is 0.786. The first kappa shape index (κ1) is 15.8. The fourth-order valence-electron chi connectivity index (χ4n) is 2.73. The van der Waals surface area contributed by atoms with Gasteiger partial charge in [0.2, 0.25) is 17.8 Å². The van der Waals surface area contributed by atoms with Crippen molar-refractivity contribution in [3.63, 3.8) is 0 Å². The Balaban J connectivity index is 2.27. The van der Waals surface area contributed by atoms with Crippen LogP contribution in [0.25, 0.3) is 0 Å². The minimum Gasteiger partial charge on any atom is -0.368 e. The van der Waals surface area contributed by atoms with Crippen LogP contribution in [0.2, 0.25) is 0 Å².